The molecule has 0 aromatic carbocycles. The largest absolute Gasteiger partial charge is 0.481 e. The Morgan fingerprint density at radius 3 is 2.44 bits per heavy atom. The summed E-state index contributed by atoms with van der Waals surface area (Å²) >= 11 is 0. The summed E-state index contributed by atoms with van der Waals surface area (Å²) in [5.41, 5.74) is -1.11. The molecule has 0 fully saturated rings. The maximum Gasteiger partial charge on any atom is 0.411 e. The molecule has 0 amide bonds. The van der Waals surface area contributed by atoms with E-state index in [2.05, 4.69) is 11.3 Å². The lowest BCUT2D eigenvalue weighted by atomic mass is 9.86. The van der Waals surface area contributed by atoms with E-state index in [0.29, 0.717) is 0 Å². The topological polar surface area (TPSA) is 46.5 Å². The molecule has 0 heterocycles. The van der Waals surface area contributed by atoms with E-state index in [-0.39, 0.29) is 19.4 Å². The molecule has 16 heavy (non-hydrogen) atoms. The van der Waals surface area contributed by atoms with Gasteiger partial charge in [0.05, 0.1) is 5.41 Å². The van der Waals surface area contributed by atoms with Crippen molar-refractivity contribution in [1.82, 2.24) is 0 Å². The van der Waals surface area contributed by atoms with Gasteiger partial charge in [0.1, 0.15) is 6.61 Å². The van der Waals surface area contributed by atoms with Crippen LogP contribution in [0.25, 0.3) is 0 Å². The number of alkyl halides is 3. The van der Waals surface area contributed by atoms with Crippen LogP contribution in [0.3, 0.4) is 0 Å². The molecule has 0 saturated carbocycles. The maximum atomic E-state index is 11.7. The second-order valence-electron chi connectivity index (χ2n) is 3.70. The smallest absolute Gasteiger partial charge is 0.411 e. The van der Waals surface area contributed by atoms with Gasteiger partial charge in [-0.25, -0.2) is 0 Å². The van der Waals surface area contributed by atoms with Gasteiger partial charge >= 0.3 is 12.1 Å². The Kier molecular flexibility index (Phi) is 5.50. The van der Waals surface area contributed by atoms with Crippen LogP contribution in [0.4, 0.5) is 13.2 Å². The SMILES string of the molecule is C=CC(C)(CCCOCC(F)(F)F)C(=O)O. The maximum absolute atomic E-state index is 11.7. The van der Waals surface area contributed by atoms with Crippen LogP contribution in [-0.4, -0.2) is 30.5 Å². The molecular formula is C10H15F3O3. The van der Waals surface area contributed by atoms with Gasteiger partial charge in [0.2, 0.25) is 0 Å². The van der Waals surface area contributed by atoms with E-state index in [9.17, 15) is 18.0 Å². The Hall–Kier alpha value is -1.04. The van der Waals surface area contributed by atoms with Gasteiger partial charge in [-0.2, -0.15) is 13.2 Å². The lowest BCUT2D eigenvalue weighted by Gasteiger charge is -2.19. The minimum absolute atomic E-state index is 0.115. The molecule has 0 radical (unpaired) electrons. The van der Waals surface area contributed by atoms with Crippen molar-refractivity contribution in [2.75, 3.05) is 13.2 Å². The third-order valence-electron chi connectivity index (χ3n) is 2.19. The van der Waals surface area contributed by atoms with Crippen molar-refractivity contribution in [2.24, 2.45) is 5.41 Å². The highest BCUT2D eigenvalue weighted by molar-refractivity contribution is 5.76. The third-order valence-corrected chi connectivity index (χ3v) is 2.19. The molecule has 0 aliphatic heterocycles. The highest BCUT2D eigenvalue weighted by Crippen LogP contribution is 2.25. The second kappa shape index (κ2) is 5.89. The molecule has 0 aromatic heterocycles. The molecule has 1 unspecified atom stereocenters. The highest BCUT2D eigenvalue weighted by atomic mass is 19.4. The number of hydrogen-bond donors (Lipinski definition) is 1. The van der Waals surface area contributed by atoms with E-state index in [1.54, 1.807) is 0 Å². The molecule has 0 saturated heterocycles. The highest BCUT2D eigenvalue weighted by Gasteiger charge is 2.30. The van der Waals surface area contributed by atoms with Crippen LogP contribution in [0, 0.1) is 5.41 Å². The Morgan fingerprint density at radius 1 is 1.50 bits per heavy atom. The van der Waals surface area contributed by atoms with E-state index in [0.717, 1.165) is 0 Å². The van der Waals surface area contributed by atoms with Crippen molar-refractivity contribution in [3.63, 3.8) is 0 Å². The standard InChI is InChI=1S/C10H15F3O3/c1-3-9(2,8(14)15)5-4-6-16-7-10(11,12)13/h3H,1,4-7H2,2H3,(H,14,15). The minimum Gasteiger partial charge on any atom is -0.481 e. The number of hydrogen-bond acceptors (Lipinski definition) is 2. The average Bonchev–Trinajstić information content (AvgIpc) is 2.14. The first-order valence-corrected chi connectivity index (χ1v) is 4.73. The van der Waals surface area contributed by atoms with Crippen LogP contribution >= 0.6 is 0 Å². The van der Waals surface area contributed by atoms with Crippen molar-refractivity contribution in [2.45, 2.75) is 25.9 Å². The average molecular weight is 240 g/mol. The van der Waals surface area contributed by atoms with Crippen molar-refractivity contribution in [3.8, 4) is 0 Å². The van der Waals surface area contributed by atoms with Crippen LogP contribution in [0.15, 0.2) is 12.7 Å². The molecule has 0 bridgehead atoms. The third kappa shape index (κ3) is 5.75. The molecule has 1 N–H and O–H groups in total. The van der Waals surface area contributed by atoms with E-state index >= 15 is 0 Å². The Bertz CT molecular complexity index is 250. The minimum atomic E-state index is -4.34. The summed E-state index contributed by atoms with van der Waals surface area (Å²) in [6.07, 6.45) is -2.62. The predicted molar refractivity (Wildman–Crippen MR) is 52.0 cm³/mol. The van der Waals surface area contributed by atoms with E-state index in [1.165, 1.54) is 13.0 Å². The number of rotatable bonds is 7. The lowest BCUT2D eigenvalue weighted by molar-refractivity contribution is -0.174. The summed E-state index contributed by atoms with van der Waals surface area (Å²) in [4.78, 5) is 10.8. The number of carboxylic acid groups (broad SMARTS) is 1. The molecule has 1 atom stereocenters. The van der Waals surface area contributed by atoms with Crippen LogP contribution in [-0.2, 0) is 9.53 Å². The van der Waals surface area contributed by atoms with Crippen molar-refractivity contribution < 1.29 is 27.8 Å². The summed E-state index contributed by atoms with van der Waals surface area (Å²) in [5, 5.41) is 8.83. The first-order valence-electron chi connectivity index (χ1n) is 4.73. The summed E-state index contributed by atoms with van der Waals surface area (Å²) in [6, 6.07) is 0. The lowest BCUT2D eigenvalue weighted by Crippen LogP contribution is -2.25. The molecule has 0 aromatic rings. The number of ether oxygens (including phenoxy) is 1. The number of aliphatic carboxylic acids is 1. The van der Waals surface area contributed by atoms with Crippen LogP contribution in [0.2, 0.25) is 0 Å². The van der Waals surface area contributed by atoms with Gasteiger partial charge in [-0.3, -0.25) is 4.79 Å². The fourth-order valence-corrected chi connectivity index (χ4v) is 1.03. The van der Waals surface area contributed by atoms with E-state index < -0.39 is 24.2 Å². The van der Waals surface area contributed by atoms with Gasteiger partial charge in [0.25, 0.3) is 0 Å². The quantitative estimate of drug-likeness (QED) is 0.549. The van der Waals surface area contributed by atoms with Crippen LogP contribution < -0.4 is 0 Å². The van der Waals surface area contributed by atoms with E-state index in [4.69, 9.17) is 5.11 Å². The van der Waals surface area contributed by atoms with E-state index in [1.807, 2.05) is 0 Å². The predicted octanol–water partition coefficient (Wildman–Crippen LogP) is 2.62. The van der Waals surface area contributed by atoms with Gasteiger partial charge in [-0.15, -0.1) is 6.58 Å². The Labute approximate surface area is 91.9 Å². The fourth-order valence-electron chi connectivity index (χ4n) is 1.03. The van der Waals surface area contributed by atoms with Crippen LogP contribution in [0.5, 0.6) is 0 Å². The number of halogens is 3. The van der Waals surface area contributed by atoms with Crippen molar-refractivity contribution in [1.29, 1.82) is 0 Å². The zero-order chi connectivity index (χ0) is 12.8. The van der Waals surface area contributed by atoms with Crippen molar-refractivity contribution in [3.05, 3.63) is 12.7 Å². The second-order valence-corrected chi connectivity index (χ2v) is 3.70. The molecule has 3 nitrogen and oxygen atoms in total. The van der Waals surface area contributed by atoms with Gasteiger partial charge in [0.15, 0.2) is 0 Å². The fraction of sp³-hybridized carbons (Fsp3) is 0.700. The first-order chi connectivity index (χ1) is 7.21. The van der Waals surface area contributed by atoms with Gasteiger partial charge < -0.3 is 9.84 Å². The molecule has 0 rings (SSSR count). The molecular weight excluding hydrogens is 225 g/mol. The first kappa shape index (κ1) is 15.0. The zero-order valence-corrected chi connectivity index (χ0v) is 9.01. The van der Waals surface area contributed by atoms with Gasteiger partial charge in [-0.1, -0.05) is 6.08 Å². The summed E-state index contributed by atoms with van der Waals surface area (Å²) in [6.45, 7) is 3.44. The Morgan fingerprint density at radius 2 is 2.06 bits per heavy atom. The molecule has 0 spiro atoms. The van der Waals surface area contributed by atoms with Crippen LogP contribution in [0.1, 0.15) is 19.8 Å². The Balaban J connectivity index is 3.81. The summed E-state index contributed by atoms with van der Waals surface area (Å²) in [7, 11) is 0. The molecule has 0 aliphatic carbocycles. The van der Waals surface area contributed by atoms with Gasteiger partial charge in [-0.05, 0) is 19.8 Å². The van der Waals surface area contributed by atoms with Crippen molar-refractivity contribution >= 4 is 5.97 Å². The summed E-state index contributed by atoms with van der Waals surface area (Å²) in [5.74, 6) is -1.04. The van der Waals surface area contributed by atoms with Gasteiger partial charge in [0, 0.05) is 6.61 Å². The molecule has 94 valence electrons. The number of carbonyl (C=O) groups is 1. The summed E-state index contributed by atoms with van der Waals surface area (Å²) < 4.78 is 39.4. The monoisotopic (exact) mass is 240 g/mol. The zero-order valence-electron chi connectivity index (χ0n) is 9.01. The molecule has 0 aliphatic rings. The molecule has 6 heteroatoms. The number of carboxylic acids is 1. The normalized spacial score (nSPS) is 15.5.